The normalized spacial score (nSPS) is 12.2. The Labute approximate surface area is 499 Å². The number of hydrogen-bond donors (Lipinski definition) is 0. The zero-order valence-electron chi connectivity index (χ0n) is 54.1. The van der Waals surface area contributed by atoms with Gasteiger partial charge >= 0.3 is 17.9 Å². The Morgan fingerprint density at radius 1 is 0.263 bits per heavy atom. The third-order valence-electron chi connectivity index (χ3n) is 16.4. The second-order valence-corrected chi connectivity index (χ2v) is 24.5. The van der Waals surface area contributed by atoms with Crippen LogP contribution in [0.5, 0.6) is 0 Å². The van der Waals surface area contributed by atoms with Gasteiger partial charge in [-0.25, -0.2) is 0 Å². The van der Waals surface area contributed by atoms with E-state index < -0.39 is 6.10 Å². The molecule has 0 aliphatic rings. The van der Waals surface area contributed by atoms with Crippen LogP contribution in [0.1, 0.15) is 400 Å². The second kappa shape index (κ2) is 69.1. The molecule has 0 aromatic heterocycles. The first-order valence-corrected chi connectivity index (χ1v) is 36.0. The predicted octanol–water partition coefficient (Wildman–Crippen LogP) is 24.7. The largest absolute Gasteiger partial charge is 0.462 e. The summed E-state index contributed by atoms with van der Waals surface area (Å²) in [5, 5.41) is 0. The smallest absolute Gasteiger partial charge is 0.306 e. The summed E-state index contributed by atoms with van der Waals surface area (Å²) in [6.07, 6.45) is 86.3. The molecular formula is C74H138O6. The van der Waals surface area contributed by atoms with Crippen LogP contribution in [-0.2, 0) is 28.6 Å². The van der Waals surface area contributed by atoms with Gasteiger partial charge in [-0.3, -0.25) is 14.4 Å². The lowest BCUT2D eigenvalue weighted by Gasteiger charge is -2.18. The van der Waals surface area contributed by atoms with E-state index in [4.69, 9.17) is 14.2 Å². The predicted molar refractivity (Wildman–Crippen MR) is 349 cm³/mol. The molecule has 0 fully saturated rings. The molecule has 0 bridgehead atoms. The Kier molecular flexibility index (Phi) is 67.1. The highest BCUT2D eigenvalue weighted by molar-refractivity contribution is 5.71. The number of allylic oxidation sites excluding steroid dienone is 6. The standard InChI is InChI=1S/C74H138O6/c1-4-7-10-13-16-19-22-25-27-29-30-31-32-33-34-35-36-37-38-39-40-41-42-43-44-46-47-49-52-55-58-61-64-67-73(76)79-70-71(69-78-72(75)66-63-60-57-54-51-24-21-18-15-12-9-6-3)80-74(77)68-65-62-59-56-53-50-48-45-28-26-23-20-17-14-11-8-5-2/h8,11,17,20,26,28,71H,4-7,9-10,12-16,18-19,21-25,27,29-70H2,1-3H3/b11-8-,20-17-,28-26-. The van der Waals surface area contributed by atoms with Crippen LogP contribution >= 0.6 is 0 Å². The molecule has 0 saturated carbocycles. The van der Waals surface area contributed by atoms with Gasteiger partial charge in [-0.2, -0.15) is 0 Å². The Bertz CT molecular complexity index is 1340. The van der Waals surface area contributed by atoms with E-state index >= 15 is 0 Å². The molecule has 0 aromatic carbocycles. The van der Waals surface area contributed by atoms with Crippen molar-refractivity contribution >= 4 is 17.9 Å². The number of unbranched alkanes of at least 4 members (excludes halogenated alkanes) is 50. The minimum absolute atomic E-state index is 0.0708. The van der Waals surface area contributed by atoms with Crippen LogP contribution in [0.4, 0.5) is 0 Å². The van der Waals surface area contributed by atoms with Crippen molar-refractivity contribution in [1.82, 2.24) is 0 Å². The van der Waals surface area contributed by atoms with Gasteiger partial charge in [0.1, 0.15) is 13.2 Å². The molecule has 0 amide bonds. The van der Waals surface area contributed by atoms with E-state index in [1.54, 1.807) is 0 Å². The van der Waals surface area contributed by atoms with E-state index in [1.807, 2.05) is 0 Å². The summed E-state index contributed by atoms with van der Waals surface area (Å²) in [4.78, 5) is 38.3. The molecule has 80 heavy (non-hydrogen) atoms. The van der Waals surface area contributed by atoms with Gasteiger partial charge in [0.05, 0.1) is 0 Å². The van der Waals surface area contributed by atoms with Crippen molar-refractivity contribution in [1.29, 1.82) is 0 Å². The summed E-state index contributed by atoms with van der Waals surface area (Å²) in [5.74, 6) is -0.854. The van der Waals surface area contributed by atoms with E-state index in [0.717, 1.165) is 83.5 Å². The van der Waals surface area contributed by atoms with Crippen molar-refractivity contribution in [3.8, 4) is 0 Å². The van der Waals surface area contributed by atoms with E-state index in [9.17, 15) is 14.4 Å². The lowest BCUT2D eigenvalue weighted by atomic mass is 10.0. The van der Waals surface area contributed by atoms with Crippen LogP contribution in [0.2, 0.25) is 0 Å². The van der Waals surface area contributed by atoms with Gasteiger partial charge in [0.15, 0.2) is 6.10 Å². The minimum atomic E-state index is -0.775. The maximum Gasteiger partial charge on any atom is 0.306 e. The van der Waals surface area contributed by atoms with Crippen molar-refractivity contribution < 1.29 is 28.6 Å². The highest BCUT2D eigenvalue weighted by Gasteiger charge is 2.19. The van der Waals surface area contributed by atoms with Crippen LogP contribution in [0.25, 0.3) is 0 Å². The van der Waals surface area contributed by atoms with Crippen molar-refractivity contribution in [2.24, 2.45) is 0 Å². The average molecular weight is 1120 g/mol. The number of hydrogen-bond acceptors (Lipinski definition) is 6. The number of rotatable bonds is 67. The second-order valence-electron chi connectivity index (χ2n) is 24.5. The number of esters is 3. The summed E-state index contributed by atoms with van der Waals surface area (Å²) in [6.45, 7) is 6.59. The molecule has 0 radical (unpaired) electrons. The van der Waals surface area contributed by atoms with Gasteiger partial charge in [-0.1, -0.05) is 365 Å². The van der Waals surface area contributed by atoms with E-state index in [1.165, 1.54) is 276 Å². The molecule has 6 heteroatoms. The van der Waals surface area contributed by atoms with Crippen molar-refractivity contribution in [2.75, 3.05) is 13.2 Å². The summed E-state index contributed by atoms with van der Waals surface area (Å²) in [6, 6.07) is 0. The lowest BCUT2D eigenvalue weighted by molar-refractivity contribution is -0.167. The van der Waals surface area contributed by atoms with Crippen LogP contribution in [-0.4, -0.2) is 37.2 Å². The summed E-state index contributed by atoms with van der Waals surface area (Å²) in [5.41, 5.74) is 0. The topological polar surface area (TPSA) is 78.9 Å². The van der Waals surface area contributed by atoms with E-state index in [2.05, 4.69) is 57.2 Å². The molecule has 0 aliphatic carbocycles. The molecule has 6 nitrogen and oxygen atoms in total. The molecule has 0 aliphatic heterocycles. The van der Waals surface area contributed by atoms with Crippen LogP contribution in [0.15, 0.2) is 36.5 Å². The summed E-state index contributed by atoms with van der Waals surface area (Å²) >= 11 is 0. The van der Waals surface area contributed by atoms with Crippen molar-refractivity contribution in [2.45, 2.75) is 406 Å². The third-order valence-corrected chi connectivity index (χ3v) is 16.4. The van der Waals surface area contributed by atoms with Crippen molar-refractivity contribution in [3.63, 3.8) is 0 Å². The Morgan fingerprint density at radius 3 is 0.762 bits per heavy atom. The molecule has 0 heterocycles. The fourth-order valence-corrected chi connectivity index (χ4v) is 11.1. The highest BCUT2D eigenvalue weighted by Crippen LogP contribution is 2.19. The molecule has 1 atom stereocenters. The molecule has 0 rings (SSSR count). The molecule has 0 N–H and O–H groups in total. The minimum Gasteiger partial charge on any atom is -0.462 e. The first kappa shape index (κ1) is 77.6. The number of carbonyl (C=O) groups excluding carboxylic acids is 3. The van der Waals surface area contributed by atoms with E-state index in [-0.39, 0.29) is 31.1 Å². The zero-order valence-corrected chi connectivity index (χ0v) is 54.1. The summed E-state index contributed by atoms with van der Waals surface area (Å²) < 4.78 is 17.0. The fraction of sp³-hybridized carbons (Fsp3) is 0.878. The molecule has 470 valence electrons. The molecular weight excluding hydrogens is 985 g/mol. The first-order valence-electron chi connectivity index (χ1n) is 36.0. The average Bonchev–Trinajstić information content (AvgIpc) is 3.46. The molecule has 1 unspecified atom stereocenters. The van der Waals surface area contributed by atoms with Gasteiger partial charge in [0.25, 0.3) is 0 Å². The number of ether oxygens (including phenoxy) is 3. The lowest BCUT2D eigenvalue weighted by Crippen LogP contribution is -2.30. The third kappa shape index (κ3) is 66.4. The highest BCUT2D eigenvalue weighted by atomic mass is 16.6. The Hall–Kier alpha value is -2.37. The fourth-order valence-electron chi connectivity index (χ4n) is 11.1. The van der Waals surface area contributed by atoms with Gasteiger partial charge < -0.3 is 14.2 Å². The SMILES string of the molecule is CC/C=C\C/C=C\C/C=C\CCCCCCCCCC(=O)OC(COC(=O)CCCCCCCCCCCCCC)COC(=O)CCCCCCCCCCCCCCCCCCCCCCCCCCCCCCCCCCC. The quantitative estimate of drug-likeness (QED) is 0.0261. The maximum absolute atomic E-state index is 12.9. The first-order chi connectivity index (χ1) is 39.5. The van der Waals surface area contributed by atoms with Gasteiger partial charge in [-0.05, 0) is 51.4 Å². The van der Waals surface area contributed by atoms with Gasteiger partial charge in [-0.15, -0.1) is 0 Å². The Morgan fingerprint density at radius 2 is 0.487 bits per heavy atom. The van der Waals surface area contributed by atoms with Crippen LogP contribution in [0.3, 0.4) is 0 Å². The Balaban J connectivity index is 4.07. The van der Waals surface area contributed by atoms with Crippen LogP contribution < -0.4 is 0 Å². The molecule has 0 spiro atoms. The monoisotopic (exact) mass is 1120 g/mol. The van der Waals surface area contributed by atoms with Gasteiger partial charge in [0.2, 0.25) is 0 Å². The van der Waals surface area contributed by atoms with Crippen molar-refractivity contribution in [3.05, 3.63) is 36.5 Å². The maximum atomic E-state index is 12.9. The molecule has 0 saturated heterocycles. The van der Waals surface area contributed by atoms with Gasteiger partial charge in [0, 0.05) is 19.3 Å². The van der Waals surface area contributed by atoms with E-state index in [0.29, 0.717) is 19.3 Å². The zero-order chi connectivity index (χ0) is 57.8. The summed E-state index contributed by atoms with van der Waals surface area (Å²) in [7, 11) is 0. The number of carbonyl (C=O) groups is 3. The van der Waals surface area contributed by atoms with Crippen LogP contribution in [0, 0.1) is 0 Å². The molecule has 0 aromatic rings.